The molecule has 2 aliphatic carbocycles. The lowest BCUT2D eigenvalue weighted by Gasteiger charge is -2.44. The summed E-state index contributed by atoms with van der Waals surface area (Å²) in [4.78, 5) is 28.0. The van der Waals surface area contributed by atoms with Gasteiger partial charge in [0.2, 0.25) is 5.91 Å². The van der Waals surface area contributed by atoms with Crippen LogP contribution < -0.4 is 5.32 Å². The molecule has 0 unspecified atom stereocenters. The largest absolute Gasteiger partial charge is 0.371 e. The molecule has 2 heterocycles. The lowest BCUT2D eigenvalue weighted by molar-refractivity contribution is -0.125. The van der Waals surface area contributed by atoms with Crippen molar-refractivity contribution in [2.75, 3.05) is 19.7 Å². The molecular weight excluding hydrogens is 466 g/mol. The van der Waals surface area contributed by atoms with Crippen LogP contribution in [0.4, 0.5) is 0 Å². The highest BCUT2D eigenvalue weighted by atomic mass is 16.5. The third-order valence-electron chi connectivity index (χ3n) is 8.05. The molecule has 1 spiro atoms. The first-order chi connectivity index (χ1) is 18.1. The predicted octanol–water partition coefficient (Wildman–Crippen LogP) is 4.67. The molecule has 3 aliphatic rings. The summed E-state index contributed by atoms with van der Waals surface area (Å²) in [5.74, 6) is 0.673. The summed E-state index contributed by atoms with van der Waals surface area (Å²) in [6.45, 7) is 5.38. The molecule has 190 valence electrons. The molecule has 2 amide bonds. The minimum Gasteiger partial charge on any atom is -0.371 e. The zero-order valence-electron chi connectivity index (χ0n) is 20.8. The number of aromatic nitrogens is 1. The Bertz CT molecular complexity index is 1310. The molecular formula is C30H31N3O4. The summed E-state index contributed by atoms with van der Waals surface area (Å²) in [5, 5.41) is 7.37. The van der Waals surface area contributed by atoms with Crippen molar-refractivity contribution in [1.82, 2.24) is 15.4 Å². The molecule has 0 radical (unpaired) electrons. The van der Waals surface area contributed by atoms with Crippen molar-refractivity contribution < 1.29 is 18.8 Å². The smallest absolute Gasteiger partial charge is 0.276 e. The fourth-order valence-corrected chi connectivity index (χ4v) is 5.99. The number of rotatable bonds is 7. The number of carbonyl (C=O) groups is 2. The van der Waals surface area contributed by atoms with Crippen molar-refractivity contribution in [3.05, 3.63) is 90.1 Å². The van der Waals surface area contributed by atoms with E-state index in [2.05, 4.69) is 29.2 Å². The highest BCUT2D eigenvalue weighted by Crippen LogP contribution is 2.52. The number of nitrogens with one attached hydrogen (secondary N) is 1. The van der Waals surface area contributed by atoms with E-state index in [1.807, 2.05) is 47.4 Å². The number of hydrogen-bond acceptors (Lipinski definition) is 5. The van der Waals surface area contributed by atoms with Crippen molar-refractivity contribution in [1.29, 1.82) is 0 Å². The van der Waals surface area contributed by atoms with Gasteiger partial charge in [0.05, 0.1) is 18.8 Å². The summed E-state index contributed by atoms with van der Waals surface area (Å²) in [7, 11) is 0. The highest BCUT2D eigenvalue weighted by Gasteiger charge is 2.55. The van der Waals surface area contributed by atoms with Crippen LogP contribution in [0.25, 0.3) is 11.3 Å². The maximum absolute atomic E-state index is 13.3. The van der Waals surface area contributed by atoms with E-state index in [9.17, 15) is 9.59 Å². The molecule has 37 heavy (non-hydrogen) atoms. The molecule has 2 aromatic carbocycles. The van der Waals surface area contributed by atoms with Gasteiger partial charge in [0.1, 0.15) is 0 Å². The highest BCUT2D eigenvalue weighted by molar-refractivity contribution is 5.93. The molecule has 1 N–H and O–H groups in total. The average molecular weight is 498 g/mol. The first-order valence-electron chi connectivity index (χ1n) is 13.0. The normalized spacial score (nSPS) is 22.0. The first-order valence-corrected chi connectivity index (χ1v) is 13.0. The zero-order chi connectivity index (χ0) is 25.4. The fourth-order valence-electron chi connectivity index (χ4n) is 5.99. The second-order valence-electron chi connectivity index (χ2n) is 10.3. The Labute approximate surface area is 216 Å². The van der Waals surface area contributed by atoms with Crippen molar-refractivity contribution in [3.63, 3.8) is 0 Å². The summed E-state index contributed by atoms with van der Waals surface area (Å²) >= 11 is 0. The van der Waals surface area contributed by atoms with Crippen LogP contribution in [0.2, 0.25) is 0 Å². The molecule has 1 saturated carbocycles. The van der Waals surface area contributed by atoms with E-state index in [0.717, 1.165) is 36.8 Å². The van der Waals surface area contributed by atoms with E-state index in [-0.39, 0.29) is 35.3 Å². The summed E-state index contributed by atoms with van der Waals surface area (Å²) in [6.07, 6.45) is 4.90. The Morgan fingerprint density at radius 2 is 1.84 bits per heavy atom. The standard InChI is InChI=1S/C30H31N3O4/c1-2-18-36-27-26(31-28(34)21-12-13-21)22-10-6-7-11-23(22)30(27)14-16-33(17-15-30)29(35)24-19-25(37-32-24)20-8-4-3-5-9-20/h2-11,19,21,26-27H,1,12-18H2,(H,31,34)/t26-,27+/m1/s1. The molecule has 1 saturated heterocycles. The number of benzene rings is 2. The Morgan fingerprint density at radius 1 is 1.11 bits per heavy atom. The molecule has 2 fully saturated rings. The van der Waals surface area contributed by atoms with Crippen LogP contribution in [-0.4, -0.2) is 47.7 Å². The number of carbonyl (C=O) groups excluding carboxylic acids is 2. The molecule has 1 aliphatic heterocycles. The second-order valence-corrected chi connectivity index (χ2v) is 10.3. The minimum absolute atomic E-state index is 0.108. The summed E-state index contributed by atoms with van der Waals surface area (Å²) in [5.41, 5.74) is 3.24. The van der Waals surface area contributed by atoms with Crippen molar-refractivity contribution in [2.45, 2.75) is 43.2 Å². The van der Waals surface area contributed by atoms with E-state index in [4.69, 9.17) is 9.26 Å². The van der Waals surface area contributed by atoms with Crippen LogP contribution in [0.15, 0.2) is 77.8 Å². The minimum atomic E-state index is -0.295. The molecule has 7 heteroatoms. The van der Waals surface area contributed by atoms with E-state index in [1.165, 1.54) is 5.56 Å². The Hall–Kier alpha value is -3.71. The number of amides is 2. The van der Waals surface area contributed by atoms with Crippen LogP contribution in [-0.2, 0) is 14.9 Å². The Morgan fingerprint density at radius 3 is 2.57 bits per heavy atom. The van der Waals surface area contributed by atoms with Crippen LogP contribution in [0.1, 0.15) is 53.3 Å². The Kier molecular flexibility index (Phi) is 6.16. The van der Waals surface area contributed by atoms with Gasteiger partial charge in [-0.1, -0.05) is 65.8 Å². The fraction of sp³-hybridized carbons (Fsp3) is 0.367. The van der Waals surface area contributed by atoms with Crippen LogP contribution >= 0.6 is 0 Å². The summed E-state index contributed by atoms with van der Waals surface area (Å²) < 4.78 is 11.9. The number of nitrogens with zero attached hydrogens (tertiary/aromatic N) is 2. The maximum Gasteiger partial charge on any atom is 0.276 e. The van der Waals surface area contributed by atoms with Gasteiger partial charge in [-0.3, -0.25) is 9.59 Å². The van der Waals surface area contributed by atoms with E-state index < -0.39 is 0 Å². The topological polar surface area (TPSA) is 84.7 Å². The zero-order valence-corrected chi connectivity index (χ0v) is 20.8. The number of ether oxygens (including phenoxy) is 1. The van der Waals surface area contributed by atoms with Gasteiger partial charge in [0.15, 0.2) is 11.5 Å². The van der Waals surface area contributed by atoms with Gasteiger partial charge >= 0.3 is 0 Å². The lowest BCUT2D eigenvalue weighted by atomic mass is 9.71. The van der Waals surface area contributed by atoms with Crippen molar-refractivity contribution in [3.8, 4) is 11.3 Å². The van der Waals surface area contributed by atoms with E-state index in [0.29, 0.717) is 31.2 Å². The summed E-state index contributed by atoms with van der Waals surface area (Å²) in [6, 6.07) is 19.5. The first kappa shape index (κ1) is 23.7. The number of piperidine rings is 1. The van der Waals surface area contributed by atoms with Crippen LogP contribution in [0.3, 0.4) is 0 Å². The quantitative estimate of drug-likeness (QED) is 0.480. The van der Waals surface area contributed by atoms with Crippen molar-refractivity contribution >= 4 is 11.8 Å². The van der Waals surface area contributed by atoms with Gasteiger partial charge in [-0.25, -0.2) is 0 Å². The van der Waals surface area contributed by atoms with E-state index >= 15 is 0 Å². The van der Waals surface area contributed by atoms with Gasteiger partial charge in [0.25, 0.3) is 5.91 Å². The third-order valence-corrected chi connectivity index (χ3v) is 8.05. The maximum atomic E-state index is 13.3. The molecule has 3 aromatic rings. The van der Waals surface area contributed by atoms with Gasteiger partial charge in [-0.15, -0.1) is 6.58 Å². The van der Waals surface area contributed by atoms with Gasteiger partial charge in [-0.05, 0) is 36.8 Å². The number of fused-ring (bicyclic) bond motifs is 2. The molecule has 2 atom stereocenters. The van der Waals surface area contributed by atoms with Crippen LogP contribution in [0.5, 0.6) is 0 Å². The van der Waals surface area contributed by atoms with Gasteiger partial charge in [0, 0.05) is 36.1 Å². The monoisotopic (exact) mass is 497 g/mol. The van der Waals surface area contributed by atoms with Gasteiger partial charge < -0.3 is 19.5 Å². The third kappa shape index (κ3) is 4.27. The predicted molar refractivity (Wildman–Crippen MR) is 139 cm³/mol. The molecule has 0 bridgehead atoms. The SMILES string of the molecule is C=CCO[C@H]1[C@H](NC(=O)C2CC2)c2ccccc2C12CCN(C(=O)c1cc(-c3ccccc3)on1)CC2. The van der Waals surface area contributed by atoms with E-state index in [1.54, 1.807) is 12.1 Å². The molecule has 6 rings (SSSR count). The molecule has 1 aromatic heterocycles. The number of hydrogen-bond donors (Lipinski definition) is 1. The average Bonchev–Trinajstić information content (AvgIpc) is 3.63. The van der Waals surface area contributed by atoms with Gasteiger partial charge in [-0.2, -0.15) is 0 Å². The Balaban J connectivity index is 1.23. The lowest BCUT2D eigenvalue weighted by Crippen LogP contribution is -2.52. The van der Waals surface area contributed by atoms with Crippen molar-refractivity contribution in [2.24, 2.45) is 5.92 Å². The number of likely N-dealkylation sites (tertiary alicyclic amines) is 1. The molecule has 7 nitrogen and oxygen atoms in total. The second kappa shape index (κ2) is 9.63. The van der Waals surface area contributed by atoms with Crippen LogP contribution in [0, 0.1) is 5.92 Å².